The van der Waals surface area contributed by atoms with E-state index in [1.54, 1.807) is 18.2 Å². The monoisotopic (exact) mass is 394 g/mol. The van der Waals surface area contributed by atoms with Gasteiger partial charge in [0.05, 0.1) is 0 Å². The summed E-state index contributed by atoms with van der Waals surface area (Å²) < 4.78 is 13.4. The zero-order valence-electron chi connectivity index (χ0n) is 17.4. The maximum absolute atomic E-state index is 13.4. The smallest absolute Gasteiger partial charge is 0.249 e. The molecule has 2 aromatic rings. The quantitative estimate of drug-likeness (QED) is 0.466. The minimum Gasteiger partial charge on any atom is -0.384 e. The zero-order valence-corrected chi connectivity index (χ0v) is 17.4. The molecule has 4 heteroatoms. The van der Waals surface area contributed by atoms with E-state index in [-0.39, 0.29) is 5.82 Å². The third-order valence-corrected chi connectivity index (χ3v) is 4.73. The molecule has 29 heavy (non-hydrogen) atoms. The van der Waals surface area contributed by atoms with Crippen LogP contribution in [0.3, 0.4) is 0 Å². The fourth-order valence-corrected chi connectivity index (χ4v) is 3.26. The van der Waals surface area contributed by atoms with Gasteiger partial charge in [0.15, 0.2) is 0 Å². The second-order valence-corrected chi connectivity index (χ2v) is 7.00. The number of rotatable bonds is 10. The Morgan fingerprint density at radius 1 is 1.10 bits per heavy atom. The van der Waals surface area contributed by atoms with Crippen LogP contribution in [0.25, 0.3) is 12.2 Å². The van der Waals surface area contributed by atoms with Crippen LogP contribution in [-0.4, -0.2) is 12.5 Å². The highest BCUT2D eigenvalue weighted by Crippen LogP contribution is 2.06. The van der Waals surface area contributed by atoms with Gasteiger partial charge in [-0.25, -0.2) is 4.39 Å². The number of allylic oxidation sites excluding steroid dienone is 2. The molecule has 0 unspecified atom stereocenters. The summed E-state index contributed by atoms with van der Waals surface area (Å²) in [6, 6.07) is 10.4. The fraction of sp³-hybridized carbons (Fsp3) is 0.320. The molecule has 0 saturated heterocycles. The molecule has 2 rings (SSSR count). The summed E-state index contributed by atoms with van der Waals surface area (Å²) in [5.41, 5.74) is 8.09. The molecule has 0 aliphatic carbocycles. The summed E-state index contributed by atoms with van der Waals surface area (Å²) in [5, 5.41) is 5.37. The van der Waals surface area contributed by atoms with Gasteiger partial charge in [-0.3, -0.25) is 4.79 Å². The van der Waals surface area contributed by atoms with Gasteiger partial charge in [0.2, 0.25) is 5.91 Å². The number of benzene rings is 2. The number of primary amides is 1. The van der Waals surface area contributed by atoms with Crippen LogP contribution < -0.4 is 21.5 Å². The molecule has 3 nitrogen and oxygen atoms in total. The summed E-state index contributed by atoms with van der Waals surface area (Å²) in [6.45, 7) is 4.78. The molecule has 0 aliphatic heterocycles. The first-order chi connectivity index (χ1) is 14.1. The maximum Gasteiger partial charge on any atom is 0.249 e. The Labute approximate surface area is 172 Å². The van der Waals surface area contributed by atoms with Crippen LogP contribution in [0.5, 0.6) is 0 Å². The number of amides is 1. The Hall–Kier alpha value is -2.88. The van der Waals surface area contributed by atoms with Crippen molar-refractivity contribution in [3.63, 3.8) is 0 Å². The summed E-state index contributed by atoms with van der Waals surface area (Å²) >= 11 is 0. The van der Waals surface area contributed by atoms with Crippen LogP contribution >= 0.6 is 0 Å². The van der Waals surface area contributed by atoms with E-state index in [1.165, 1.54) is 6.07 Å². The van der Waals surface area contributed by atoms with E-state index in [2.05, 4.69) is 30.5 Å². The Morgan fingerprint density at radius 3 is 2.59 bits per heavy atom. The fourth-order valence-electron chi connectivity index (χ4n) is 3.26. The number of unbranched alkanes of at least 4 members (excludes halogenated alkanes) is 2. The molecule has 0 spiro atoms. The number of hydrogen-bond donors (Lipinski definition) is 2. The van der Waals surface area contributed by atoms with Gasteiger partial charge >= 0.3 is 0 Å². The van der Waals surface area contributed by atoms with Crippen LogP contribution in [0, 0.1) is 5.82 Å². The van der Waals surface area contributed by atoms with Crippen molar-refractivity contribution in [2.75, 3.05) is 11.9 Å². The summed E-state index contributed by atoms with van der Waals surface area (Å²) in [7, 11) is 0. The van der Waals surface area contributed by atoms with Crippen molar-refractivity contribution in [2.45, 2.75) is 46.0 Å². The number of carbonyl (C=O) groups is 1. The van der Waals surface area contributed by atoms with Gasteiger partial charge in [-0.1, -0.05) is 49.8 Å². The normalized spacial score (nSPS) is 12.7. The first kappa shape index (κ1) is 22.4. The molecule has 2 aromatic carbocycles. The SMILES string of the molecule is CC=CCCC=c1c(NCCc2cccc(F)c2)ccc(C(N)=O)c1=CCCC. The van der Waals surface area contributed by atoms with Crippen molar-refractivity contribution in [1.29, 1.82) is 0 Å². The predicted octanol–water partition coefficient (Wildman–Crippen LogP) is 4.30. The van der Waals surface area contributed by atoms with E-state index < -0.39 is 5.91 Å². The minimum atomic E-state index is -0.415. The maximum atomic E-state index is 13.4. The molecule has 0 aromatic heterocycles. The summed E-state index contributed by atoms with van der Waals surface area (Å²) in [6.07, 6.45) is 12.8. The lowest BCUT2D eigenvalue weighted by Gasteiger charge is -2.11. The molecular weight excluding hydrogens is 363 g/mol. The van der Waals surface area contributed by atoms with Gasteiger partial charge in [0, 0.05) is 23.0 Å². The first-order valence-electron chi connectivity index (χ1n) is 10.3. The summed E-state index contributed by atoms with van der Waals surface area (Å²) in [5.74, 6) is -0.635. The number of halogens is 1. The molecule has 154 valence electrons. The van der Waals surface area contributed by atoms with E-state index in [4.69, 9.17) is 5.73 Å². The van der Waals surface area contributed by atoms with Gasteiger partial charge < -0.3 is 11.1 Å². The number of carbonyl (C=O) groups excluding carboxylic acids is 1. The second-order valence-electron chi connectivity index (χ2n) is 7.00. The highest BCUT2D eigenvalue weighted by molar-refractivity contribution is 5.93. The highest BCUT2D eigenvalue weighted by Gasteiger charge is 2.07. The lowest BCUT2D eigenvalue weighted by molar-refractivity contribution is 0.0999. The molecule has 0 heterocycles. The Kier molecular flexibility index (Phi) is 9.16. The van der Waals surface area contributed by atoms with Gasteiger partial charge in [-0.2, -0.15) is 0 Å². The molecule has 0 aliphatic rings. The second kappa shape index (κ2) is 11.8. The van der Waals surface area contributed by atoms with E-state index in [9.17, 15) is 9.18 Å². The molecule has 0 saturated carbocycles. The third kappa shape index (κ3) is 6.90. The number of hydrogen-bond acceptors (Lipinski definition) is 2. The van der Waals surface area contributed by atoms with Crippen molar-refractivity contribution in [3.05, 3.63) is 75.9 Å². The Bertz CT molecular complexity index is 963. The minimum absolute atomic E-state index is 0.220. The van der Waals surface area contributed by atoms with E-state index in [0.717, 1.165) is 47.4 Å². The average molecular weight is 395 g/mol. The van der Waals surface area contributed by atoms with Crippen LogP contribution in [0.4, 0.5) is 10.1 Å². The largest absolute Gasteiger partial charge is 0.384 e. The molecular formula is C25H31FN2O. The number of nitrogens with one attached hydrogen (secondary N) is 1. The van der Waals surface area contributed by atoms with Crippen molar-refractivity contribution in [3.8, 4) is 0 Å². The van der Waals surface area contributed by atoms with E-state index in [0.29, 0.717) is 18.5 Å². The van der Waals surface area contributed by atoms with E-state index >= 15 is 0 Å². The first-order valence-corrected chi connectivity index (χ1v) is 10.3. The van der Waals surface area contributed by atoms with Crippen molar-refractivity contribution >= 4 is 23.7 Å². The average Bonchev–Trinajstić information content (AvgIpc) is 2.70. The molecule has 0 atom stereocenters. The highest BCUT2D eigenvalue weighted by atomic mass is 19.1. The third-order valence-electron chi connectivity index (χ3n) is 4.73. The van der Waals surface area contributed by atoms with Gasteiger partial charge in [0.1, 0.15) is 5.82 Å². The topological polar surface area (TPSA) is 55.1 Å². The van der Waals surface area contributed by atoms with Gasteiger partial charge in [-0.15, -0.1) is 0 Å². The molecule has 0 bridgehead atoms. The van der Waals surface area contributed by atoms with Crippen molar-refractivity contribution in [1.82, 2.24) is 0 Å². The van der Waals surface area contributed by atoms with Crippen LogP contribution in [-0.2, 0) is 6.42 Å². The van der Waals surface area contributed by atoms with E-state index in [1.807, 2.05) is 25.1 Å². The molecule has 3 N–H and O–H groups in total. The number of anilines is 1. The standard InChI is InChI=1S/C25H31FN2O/c1-3-5-7-8-13-22-21(12-6-4-2)23(25(27)29)14-15-24(22)28-17-16-19-10-9-11-20(26)18-19/h3,5,9-15,18,28H,4,6-8,16-17H2,1-2H3,(H2,27,29). The van der Waals surface area contributed by atoms with Crippen molar-refractivity contribution < 1.29 is 9.18 Å². The van der Waals surface area contributed by atoms with Crippen molar-refractivity contribution in [2.24, 2.45) is 5.73 Å². The number of nitrogens with two attached hydrogens (primary N) is 1. The predicted molar refractivity (Wildman–Crippen MR) is 121 cm³/mol. The molecule has 0 fully saturated rings. The molecule has 1 amide bonds. The zero-order chi connectivity index (χ0) is 21.1. The van der Waals surface area contributed by atoms with Gasteiger partial charge in [-0.05, 0) is 67.7 Å². The lowest BCUT2D eigenvalue weighted by Crippen LogP contribution is -2.35. The van der Waals surface area contributed by atoms with Crippen LogP contribution in [0.2, 0.25) is 0 Å². The summed E-state index contributed by atoms with van der Waals surface area (Å²) in [4.78, 5) is 12.0. The van der Waals surface area contributed by atoms with Gasteiger partial charge in [0.25, 0.3) is 0 Å². The van der Waals surface area contributed by atoms with Crippen LogP contribution in [0.15, 0.2) is 48.6 Å². The van der Waals surface area contributed by atoms with Crippen LogP contribution in [0.1, 0.15) is 55.5 Å². The Morgan fingerprint density at radius 2 is 1.90 bits per heavy atom. The Balaban J connectivity index is 2.37. The molecule has 0 radical (unpaired) electrons. The lowest BCUT2D eigenvalue weighted by atomic mass is 10.0.